The number of aliphatic hydroxyl groups excluding tert-OH is 1. The fourth-order valence-electron chi connectivity index (χ4n) is 2.47. The number of ether oxygens (including phenoxy) is 2. The van der Waals surface area contributed by atoms with Crippen molar-refractivity contribution in [1.82, 2.24) is 4.90 Å². The molecule has 0 spiro atoms. The Morgan fingerprint density at radius 1 is 1.10 bits per heavy atom. The van der Waals surface area contributed by atoms with Gasteiger partial charge in [-0.3, -0.25) is 4.79 Å². The summed E-state index contributed by atoms with van der Waals surface area (Å²) in [5.41, 5.74) is 1.12. The molecule has 9 nitrogen and oxygen atoms in total. The van der Waals surface area contributed by atoms with E-state index >= 15 is 0 Å². The van der Waals surface area contributed by atoms with Crippen LogP contribution in [-0.2, 0) is 9.47 Å². The number of likely N-dealkylation sites (N-methyl/N-ethyl adjacent to an activating group) is 1. The van der Waals surface area contributed by atoms with Crippen LogP contribution in [0.4, 0.5) is 16.2 Å². The number of hydrogen-bond donors (Lipinski definition) is 3. The molecule has 1 heterocycles. The zero-order valence-electron chi connectivity index (χ0n) is 17.5. The van der Waals surface area contributed by atoms with Crippen molar-refractivity contribution in [1.29, 1.82) is 0 Å². The van der Waals surface area contributed by atoms with E-state index in [0.717, 1.165) is 0 Å². The summed E-state index contributed by atoms with van der Waals surface area (Å²) in [6, 6.07) is 9.49. The molecule has 0 fully saturated rings. The van der Waals surface area contributed by atoms with Crippen LogP contribution in [0.3, 0.4) is 0 Å². The Hall–Kier alpha value is -2.88. The minimum atomic E-state index is -0.806. The molecule has 1 aromatic heterocycles. The lowest BCUT2D eigenvalue weighted by Crippen LogP contribution is -2.39. The average Bonchev–Trinajstić information content (AvgIpc) is 3.24. The molecule has 0 aliphatic carbocycles. The first-order valence-corrected chi connectivity index (χ1v) is 9.69. The number of anilines is 2. The van der Waals surface area contributed by atoms with Gasteiger partial charge in [0.1, 0.15) is 0 Å². The molecule has 1 aromatic carbocycles. The van der Waals surface area contributed by atoms with E-state index in [-0.39, 0.29) is 37.0 Å². The Morgan fingerprint density at radius 3 is 2.37 bits per heavy atom. The third-order valence-corrected chi connectivity index (χ3v) is 3.96. The van der Waals surface area contributed by atoms with E-state index in [1.54, 1.807) is 43.4 Å². The standard InChI is InChI=1S/C21H29N3O6/c1-15(2)29-12-11-28-14-18(25)13-24(3)21(27)23-17-8-6-16(7-9-17)22-20(26)19-5-4-10-30-19/h4-10,15,18,25H,11-14H2,1-3H3,(H,22,26)(H,23,27). The Bertz CT molecular complexity index is 777. The number of nitrogens with zero attached hydrogens (tertiary/aromatic N) is 1. The van der Waals surface area contributed by atoms with Crippen LogP contribution in [0, 0.1) is 0 Å². The van der Waals surface area contributed by atoms with E-state index in [2.05, 4.69) is 10.6 Å². The normalized spacial score (nSPS) is 11.9. The fourth-order valence-corrected chi connectivity index (χ4v) is 2.47. The lowest BCUT2D eigenvalue weighted by atomic mass is 10.2. The molecule has 1 atom stereocenters. The predicted octanol–water partition coefficient (Wildman–Crippen LogP) is 2.80. The van der Waals surface area contributed by atoms with Crippen LogP contribution in [0.5, 0.6) is 0 Å². The number of nitrogens with one attached hydrogen (secondary N) is 2. The minimum Gasteiger partial charge on any atom is -0.459 e. The summed E-state index contributed by atoms with van der Waals surface area (Å²) in [5, 5.41) is 15.4. The quantitative estimate of drug-likeness (QED) is 0.483. The van der Waals surface area contributed by atoms with E-state index in [1.807, 2.05) is 13.8 Å². The smallest absolute Gasteiger partial charge is 0.321 e. The fraction of sp³-hybridized carbons (Fsp3) is 0.429. The molecule has 0 saturated carbocycles. The van der Waals surface area contributed by atoms with Crippen molar-refractivity contribution < 1.29 is 28.6 Å². The number of carbonyl (C=O) groups is 2. The van der Waals surface area contributed by atoms with Crippen molar-refractivity contribution in [3.8, 4) is 0 Å². The lowest BCUT2D eigenvalue weighted by Gasteiger charge is -2.21. The molecule has 2 aromatic rings. The Morgan fingerprint density at radius 2 is 1.77 bits per heavy atom. The second-order valence-corrected chi connectivity index (χ2v) is 6.97. The van der Waals surface area contributed by atoms with Crippen LogP contribution in [-0.4, -0.2) is 67.6 Å². The van der Waals surface area contributed by atoms with Crippen molar-refractivity contribution >= 4 is 23.3 Å². The van der Waals surface area contributed by atoms with Gasteiger partial charge in [-0.25, -0.2) is 4.79 Å². The molecule has 9 heteroatoms. The first-order valence-electron chi connectivity index (χ1n) is 9.69. The molecule has 0 radical (unpaired) electrons. The van der Waals surface area contributed by atoms with Crippen LogP contribution >= 0.6 is 0 Å². The van der Waals surface area contributed by atoms with Crippen molar-refractivity contribution in [2.24, 2.45) is 0 Å². The van der Waals surface area contributed by atoms with Gasteiger partial charge in [-0.2, -0.15) is 0 Å². The van der Waals surface area contributed by atoms with Gasteiger partial charge in [0.2, 0.25) is 0 Å². The van der Waals surface area contributed by atoms with Crippen LogP contribution in [0.1, 0.15) is 24.4 Å². The van der Waals surface area contributed by atoms with E-state index in [4.69, 9.17) is 13.9 Å². The topological polar surface area (TPSA) is 113 Å². The zero-order valence-corrected chi connectivity index (χ0v) is 17.5. The maximum absolute atomic E-state index is 12.3. The second kappa shape index (κ2) is 12.0. The van der Waals surface area contributed by atoms with Crippen LogP contribution < -0.4 is 10.6 Å². The summed E-state index contributed by atoms with van der Waals surface area (Å²) in [6.45, 7) is 4.95. The molecule has 2 rings (SSSR count). The molecular weight excluding hydrogens is 390 g/mol. The number of rotatable bonds is 11. The van der Waals surface area contributed by atoms with Gasteiger partial charge in [-0.1, -0.05) is 0 Å². The van der Waals surface area contributed by atoms with Gasteiger partial charge in [-0.15, -0.1) is 0 Å². The summed E-state index contributed by atoms with van der Waals surface area (Å²) in [6.07, 6.45) is 0.752. The van der Waals surface area contributed by atoms with Gasteiger partial charge >= 0.3 is 6.03 Å². The average molecular weight is 419 g/mol. The molecule has 3 amide bonds. The van der Waals surface area contributed by atoms with Gasteiger partial charge in [0.25, 0.3) is 5.91 Å². The first kappa shape index (κ1) is 23.4. The molecule has 0 aliphatic rings. The maximum Gasteiger partial charge on any atom is 0.321 e. The highest BCUT2D eigenvalue weighted by Crippen LogP contribution is 2.15. The largest absolute Gasteiger partial charge is 0.459 e. The lowest BCUT2D eigenvalue weighted by molar-refractivity contribution is -0.0144. The number of carbonyl (C=O) groups excluding carboxylic acids is 2. The Balaban J connectivity index is 1.72. The van der Waals surface area contributed by atoms with Crippen LogP contribution in [0.25, 0.3) is 0 Å². The minimum absolute atomic E-state index is 0.114. The van der Waals surface area contributed by atoms with Crippen LogP contribution in [0.15, 0.2) is 47.1 Å². The summed E-state index contributed by atoms with van der Waals surface area (Å²) in [7, 11) is 1.58. The number of amides is 3. The molecule has 0 bridgehead atoms. The monoisotopic (exact) mass is 419 g/mol. The molecule has 1 unspecified atom stereocenters. The number of urea groups is 1. The highest BCUT2D eigenvalue weighted by molar-refractivity contribution is 6.02. The van der Waals surface area contributed by atoms with Crippen molar-refractivity contribution in [2.45, 2.75) is 26.1 Å². The summed E-state index contributed by atoms with van der Waals surface area (Å²) < 4.78 is 15.7. The van der Waals surface area contributed by atoms with E-state index in [0.29, 0.717) is 24.6 Å². The Kier molecular flexibility index (Phi) is 9.33. The van der Waals surface area contributed by atoms with Gasteiger partial charge in [0.15, 0.2) is 5.76 Å². The van der Waals surface area contributed by atoms with Gasteiger partial charge < -0.3 is 34.5 Å². The summed E-state index contributed by atoms with van der Waals surface area (Å²) in [4.78, 5) is 25.6. The van der Waals surface area contributed by atoms with Crippen molar-refractivity contribution in [3.05, 3.63) is 48.4 Å². The van der Waals surface area contributed by atoms with Gasteiger partial charge in [-0.05, 0) is 50.2 Å². The third kappa shape index (κ3) is 8.24. The van der Waals surface area contributed by atoms with Crippen LogP contribution in [0.2, 0.25) is 0 Å². The summed E-state index contributed by atoms with van der Waals surface area (Å²) >= 11 is 0. The molecular formula is C21H29N3O6. The molecule has 0 saturated heterocycles. The number of aliphatic hydroxyl groups is 1. The number of hydrogen-bond acceptors (Lipinski definition) is 6. The predicted molar refractivity (Wildman–Crippen MR) is 113 cm³/mol. The second-order valence-electron chi connectivity index (χ2n) is 6.97. The van der Waals surface area contributed by atoms with Gasteiger partial charge in [0, 0.05) is 18.4 Å². The Labute approximate surface area is 176 Å². The molecule has 164 valence electrons. The molecule has 30 heavy (non-hydrogen) atoms. The maximum atomic E-state index is 12.3. The van der Waals surface area contributed by atoms with E-state index in [1.165, 1.54) is 11.2 Å². The van der Waals surface area contributed by atoms with Gasteiger partial charge in [0.05, 0.1) is 44.8 Å². The third-order valence-electron chi connectivity index (χ3n) is 3.96. The van der Waals surface area contributed by atoms with Crippen molar-refractivity contribution in [2.75, 3.05) is 44.0 Å². The SMILES string of the molecule is CC(C)OCCOCC(O)CN(C)C(=O)Nc1ccc(NC(=O)c2ccco2)cc1. The highest BCUT2D eigenvalue weighted by atomic mass is 16.5. The summed E-state index contributed by atoms with van der Waals surface area (Å²) in [5.74, 6) is -0.146. The van der Waals surface area contributed by atoms with E-state index < -0.39 is 6.10 Å². The highest BCUT2D eigenvalue weighted by Gasteiger charge is 2.14. The van der Waals surface area contributed by atoms with Crippen molar-refractivity contribution in [3.63, 3.8) is 0 Å². The number of benzene rings is 1. The molecule has 3 N–H and O–H groups in total. The number of furan rings is 1. The zero-order chi connectivity index (χ0) is 21.9. The molecule has 0 aliphatic heterocycles. The van der Waals surface area contributed by atoms with E-state index in [9.17, 15) is 14.7 Å². The first-order chi connectivity index (χ1) is 14.3.